The highest BCUT2D eigenvalue weighted by Crippen LogP contribution is 2.17. The van der Waals surface area contributed by atoms with Crippen molar-refractivity contribution in [3.8, 4) is 11.5 Å². The SMILES string of the molecule is N[C@@H](CO)C(=O)N[C@@H](Cc1ccc(OS(=O)(=O)O)cc1)C(=O)N[C@@H](CC(=O)O)C(=O)N[C@@H](Cc1ccc(OS(=O)(=O)O)cc1)C(=O)O. The lowest BCUT2D eigenvalue weighted by atomic mass is 10.0. The van der Waals surface area contributed by atoms with Crippen LogP contribution in [0.3, 0.4) is 0 Å². The molecule has 0 aliphatic carbocycles. The van der Waals surface area contributed by atoms with Gasteiger partial charge in [-0.15, -0.1) is 0 Å². The first kappa shape index (κ1) is 38.3. The molecule has 0 saturated carbocycles. The molecule has 2 aromatic carbocycles. The van der Waals surface area contributed by atoms with Crippen LogP contribution in [0.5, 0.6) is 11.5 Å². The molecule has 0 aliphatic heterocycles. The van der Waals surface area contributed by atoms with Crippen LogP contribution in [0.2, 0.25) is 0 Å². The van der Waals surface area contributed by atoms with Gasteiger partial charge in [0.2, 0.25) is 17.7 Å². The molecule has 0 fully saturated rings. The lowest BCUT2D eigenvalue weighted by molar-refractivity contribution is -0.143. The highest BCUT2D eigenvalue weighted by atomic mass is 32.3. The van der Waals surface area contributed by atoms with Gasteiger partial charge in [-0.2, -0.15) is 16.8 Å². The van der Waals surface area contributed by atoms with Crippen LogP contribution in [-0.2, 0) is 57.6 Å². The third-order valence-corrected chi connectivity index (χ3v) is 6.73. The molecule has 0 unspecified atom stereocenters. The van der Waals surface area contributed by atoms with Crippen molar-refractivity contribution in [1.29, 1.82) is 0 Å². The summed E-state index contributed by atoms with van der Waals surface area (Å²) in [6, 6.07) is 2.69. The van der Waals surface area contributed by atoms with Crippen molar-refractivity contribution in [3.05, 3.63) is 59.7 Å². The number of aliphatic carboxylic acids is 2. The van der Waals surface area contributed by atoms with Crippen LogP contribution in [0.1, 0.15) is 17.5 Å². The van der Waals surface area contributed by atoms with Gasteiger partial charge in [0, 0.05) is 12.8 Å². The Morgan fingerprint density at radius 3 is 1.43 bits per heavy atom. The van der Waals surface area contributed by atoms with Crippen molar-refractivity contribution in [3.63, 3.8) is 0 Å². The lowest BCUT2D eigenvalue weighted by Crippen LogP contribution is -2.58. The maximum absolute atomic E-state index is 13.3. The third kappa shape index (κ3) is 14.0. The number of nitrogens with one attached hydrogen (secondary N) is 3. The van der Waals surface area contributed by atoms with E-state index in [9.17, 15) is 56.1 Å². The fourth-order valence-corrected chi connectivity index (χ4v) is 4.48. The second kappa shape index (κ2) is 16.6. The molecule has 10 N–H and O–H groups in total. The summed E-state index contributed by atoms with van der Waals surface area (Å²) in [6.45, 7) is -0.821. The molecule has 2 aromatic rings. The van der Waals surface area contributed by atoms with Gasteiger partial charge in [0.25, 0.3) is 0 Å². The number of carboxylic acid groups (broad SMARTS) is 2. The second-order valence-electron chi connectivity index (χ2n) is 9.63. The number of carbonyl (C=O) groups excluding carboxylic acids is 3. The van der Waals surface area contributed by atoms with Gasteiger partial charge in [0.15, 0.2) is 0 Å². The number of rotatable bonds is 18. The quantitative estimate of drug-likeness (QED) is 0.0705. The van der Waals surface area contributed by atoms with E-state index >= 15 is 0 Å². The Balaban J connectivity index is 2.26. The summed E-state index contributed by atoms with van der Waals surface area (Å²) in [5.74, 6) is -7.16. The molecule has 0 radical (unpaired) electrons. The number of carboxylic acids is 2. The molecule has 20 nitrogen and oxygen atoms in total. The molecule has 47 heavy (non-hydrogen) atoms. The first-order valence-corrected chi connectivity index (χ1v) is 15.7. The van der Waals surface area contributed by atoms with Gasteiger partial charge in [-0.3, -0.25) is 28.3 Å². The minimum Gasteiger partial charge on any atom is -0.481 e. The molecule has 22 heteroatoms. The van der Waals surface area contributed by atoms with Gasteiger partial charge < -0.3 is 45.4 Å². The normalized spacial score (nSPS) is 14.0. The summed E-state index contributed by atoms with van der Waals surface area (Å²) in [5.41, 5.74) is 5.99. The molecule has 2 rings (SSSR count). The predicted molar refractivity (Wildman–Crippen MR) is 155 cm³/mol. The van der Waals surface area contributed by atoms with E-state index in [-0.39, 0.29) is 29.0 Å². The van der Waals surface area contributed by atoms with Crippen LogP contribution in [0.25, 0.3) is 0 Å². The van der Waals surface area contributed by atoms with Crippen LogP contribution in [0, 0.1) is 0 Å². The molecule has 0 saturated heterocycles. The summed E-state index contributed by atoms with van der Waals surface area (Å²) < 4.78 is 69.6. The third-order valence-electron chi connectivity index (χ3n) is 5.92. The van der Waals surface area contributed by atoms with Crippen LogP contribution in [0.4, 0.5) is 0 Å². The Hall–Kier alpha value is -4.87. The van der Waals surface area contributed by atoms with Crippen molar-refractivity contribution in [2.45, 2.75) is 43.4 Å². The topological polar surface area (TPSA) is 335 Å². The Kier molecular flexibility index (Phi) is 13.5. The van der Waals surface area contributed by atoms with Gasteiger partial charge >= 0.3 is 32.7 Å². The molecule has 258 valence electrons. The van der Waals surface area contributed by atoms with E-state index < -0.39 is 94.1 Å². The fraction of sp³-hybridized carbons (Fsp3) is 0.320. The summed E-state index contributed by atoms with van der Waals surface area (Å²) >= 11 is 0. The first-order valence-electron chi connectivity index (χ1n) is 13.0. The maximum Gasteiger partial charge on any atom is 0.446 e. The largest absolute Gasteiger partial charge is 0.481 e. The number of benzene rings is 2. The standard InChI is InChI=1S/C25H30N4O16S2/c26-17(12-30)22(33)27-18(9-13-1-5-15(6-2-13)44-46(38,39)40)23(34)28-19(11-21(31)32)24(35)29-20(25(36)37)10-14-3-7-16(8-4-14)45-47(41,42)43/h1-8,17-20,30H,9-12,26H2,(H,27,33)(H,28,34)(H,29,35)(H,31,32)(H,36,37)(H,38,39,40)(H,41,42,43)/t17-,18-,19-,20-/m0/s1. The summed E-state index contributed by atoms with van der Waals surface area (Å²) in [5, 5.41) is 34.7. The fourth-order valence-electron chi connectivity index (χ4n) is 3.78. The van der Waals surface area contributed by atoms with Crippen molar-refractivity contribution in [2.75, 3.05) is 6.61 Å². The molecule has 4 atom stereocenters. The van der Waals surface area contributed by atoms with Crippen molar-refractivity contribution >= 4 is 50.5 Å². The molecule has 0 aromatic heterocycles. The average molecular weight is 707 g/mol. The number of aliphatic hydroxyl groups is 1. The van der Waals surface area contributed by atoms with Gasteiger partial charge in [-0.1, -0.05) is 24.3 Å². The minimum absolute atomic E-state index is 0.232. The molecular formula is C25H30N4O16S2. The number of amides is 3. The lowest BCUT2D eigenvalue weighted by Gasteiger charge is -2.24. The van der Waals surface area contributed by atoms with E-state index in [1.807, 2.05) is 0 Å². The van der Waals surface area contributed by atoms with E-state index in [2.05, 4.69) is 24.3 Å². The van der Waals surface area contributed by atoms with E-state index in [1.54, 1.807) is 0 Å². The molecular weight excluding hydrogens is 676 g/mol. The van der Waals surface area contributed by atoms with E-state index in [1.165, 1.54) is 24.3 Å². The van der Waals surface area contributed by atoms with Crippen molar-refractivity contribution in [2.24, 2.45) is 5.73 Å². The van der Waals surface area contributed by atoms with Crippen LogP contribution in [-0.4, -0.2) is 102 Å². The Morgan fingerprint density at radius 1 is 0.660 bits per heavy atom. The first-order chi connectivity index (χ1) is 21.8. The summed E-state index contributed by atoms with van der Waals surface area (Å²) in [6.07, 6.45) is -1.81. The second-order valence-corrected chi connectivity index (χ2v) is 11.7. The van der Waals surface area contributed by atoms with Gasteiger partial charge in [-0.25, -0.2) is 4.79 Å². The Morgan fingerprint density at radius 2 is 1.04 bits per heavy atom. The number of aliphatic hydroxyl groups excluding tert-OH is 1. The number of hydrogen-bond acceptors (Lipinski definition) is 13. The van der Waals surface area contributed by atoms with Gasteiger partial charge in [0.1, 0.15) is 35.7 Å². The van der Waals surface area contributed by atoms with Crippen molar-refractivity contribution in [1.82, 2.24) is 16.0 Å². The molecule has 0 bridgehead atoms. The molecule has 0 spiro atoms. The smallest absolute Gasteiger partial charge is 0.446 e. The predicted octanol–water partition coefficient (Wildman–Crippen LogP) is -2.83. The zero-order valence-corrected chi connectivity index (χ0v) is 25.5. The average Bonchev–Trinajstić information content (AvgIpc) is 2.95. The van der Waals surface area contributed by atoms with Crippen LogP contribution < -0.4 is 30.1 Å². The molecule has 0 heterocycles. The van der Waals surface area contributed by atoms with Crippen LogP contribution >= 0.6 is 0 Å². The van der Waals surface area contributed by atoms with Crippen molar-refractivity contribution < 1.29 is 73.6 Å². The highest BCUT2D eigenvalue weighted by Gasteiger charge is 2.32. The Bertz CT molecular complexity index is 1670. The molecule has 0 aliphatic rings. The monoisotopic (exact) mass is 706 g/mol. The number of nitrogens with two attached hydrogens (primary N) is 1. The zero-order chi connectivity index (χ0) is 35.5. The van der Waals surface area contributed by atoms with Gasteiger partial charge in [-0.05, 0) is 35.4 Å². The maximum atomic E-state index is 13.3. The zero-order valence-electron chi connectivity index (χ0n) is 23.9. The van der Waals surface area contributed by atoms with E-state index in [4.69, 9.17) is 14.8 Å². The summed E-state index contributed by atoms with van der Waals surface area (Å²) in [4.78, 5) is 62.1. The number of hydrogen-bond donors (Lipinski definition) is 9. The van der Waals surface area contributed by atoms with E-state index in [0.29, 0.717) is 0 Å². The minimum atomic E-state index is -4.84. The van der Waals surface area contributed by atoms with E-state index in [0.717, 1.165) is 24.3 Å². The van der Waals surface area contributed by atoms with Crippen LogP contribution in [0.15, 0.2) is 48.5 Å². The summed E-state index contributed by atoms with van der Waals surface area (Å²) in [7, 11) is -9.66. The Labute approximate surface area is 266 Å². The molecule has 3 amide bonds. The number of carbonyl (C=O) groups is 5. The van der Waals surface area contributed by atoms with Gasteiger partial charge in [0.05, 0.1) is 13.0 Å². The highest BCUT2D eigenvalue weighted by molar-refractivity contribution is 7.81.